The third-order valence-electron chi connectivity index (χ3n) is 4.06. The zero-order valence-corrected chi connectivity index (χ0v) is 16.1. The molecule has 140 valence electrons. The summed E-state index contributed by atoms with van der Waals surface area (Å²) in [6.07, 6.45) is 2.64. The lowest BCUT2D eigenvalue weighted by Crippen LogP contribution is -2.14. The fourth-order valence-electron chi connectivity index (χ4n) is 2.83. The Balaban J connectivity index is 1.97. The number of nitrogens with zero attached hydrogens (tertiary/aromatic N) is 2. The highest BCUT2D eigenvalue weighted by Crippen LogP contribution is 2.25. The van der Waals surface area contributed by atoms with Crippen LogP contribution in [0.1, 0.15) is 40.5 Å². The molecule has 1 amide bonds. The second-order valence-corrected chi connectivity index (χ2v) is 6.98. The molecule has 2 aromatic heterocycles. The van der Waals surface area contributed by atoms with Gasteiger partial charge >= 0.3 is 5.97 Å². The Morgan fingerprint density at radius 1 is 1.26 bits per heavy atom. The Morgan fingerprint density at radius 3 is 2.74 bits per heavy atom. The van der Waals surface area contributed by atoms with Crippen LogP contribution in [0.3, 0.4) is 0 Å². The van der Waals surface area contributed by atoms with Gasteiger partial charge in [-0.15, -0.1) is 0 Å². The number of rotatable bonds is 5. The fourth-order valence-corrected chi connectivity index (χ4v) is 2.99. The van der Waals surface area contributed by atoms with E-state index >= 15 is 0 Å². The minimum Gasteiger partial charge on any atom is -0.465 e. The summed E-state index contributed by atoms with van der Waals surface area (Å²) in [5.74, 6) is 0.324. The van der Waals surface area contributed by atoms with Crippen molar-refractivity contribution in [3.63, 3.8) is 0 Å². The molecule has 0 unspecified atom stereocenters. The van der Waals surface area contributed by atoms with Crippen molar-refractivity contribution >= 4 is 34.7 Å². The lowest BCUT2D eigenvalue weighted by molar-refractivity contribution is 0.0600. The van der Waals surface area contributed by atoms with Crippen molar-refractivity contribution in [1.82, 2.24) is 9.38 Å². The standard InChI is InChI=1S/C20H20ClN3O3/c1-12(2)10-17-23-18(16-6-4-5-9-24(16)17)19(25)22-15-11-13(20(26)27-3)7-8-14(15)21/h4-9,11-12H,10H2,1-3H3,(H,22,25). The van der Waals surface area contributed by atoms with Crippen LogP contribution in [0.5, 0.6) is 0 Å². The Hall–Kier alpha value is -2.86. The van der Waals surface area contributed by atoms with E-state index in [1.165, 1.54) is 19.2 Å². The normalized spacial score (nSPS) is 11.0. The minimum absolute atomic E-state index is 0.299. The molecule has 0 aliphatic carbocycles. The molecular weight excluding hydrogens is 366 g/mol. The summed E-state index contributed by atoms with van der Waals surface area (Å²) in [6, 6.07) is 10.2. The smallest absolute Gasteiger partial charge is 0.337 e. The van der Waals surface area contributed by atoms with E-state index in [1.807, 2.05) is 28.8 Å². The predicted octanol–water partition coefficient (Wildman–Crippen LogP) is 4.23. The van der Waals surface area contributed by atoms with Gasteiger partial charge in [-0.25, -0.2) is 9.78 Å². The van der Waals surface area contributed by atoms with E-state index in [-0.39, 0.29) is 0 Å². The Labute approximate surface area is 162 Å². The maximum Gasteiger partial charge on any atom is 0.337 e. The number of amides is 1. The van der Waals surface area contributed by atoms with Gasteiger partial charge in [0.25, 0.3) is 5.91 Å². The molecule has 0 fully saturated rings. The van der Waals surface area contributed by atoms with Crippen molar-refractivity contribution in [1.29, 1.82) is 0 Å². The zero-order valence-electron chi connectivity index (χ0n) is 15.3. The van der Waals surface area contributed by atoms with Gasteiger partial charge in [0.05, 0.1) is 28.9 Å². The molecule has 0 saturated heterocycles. The van der Waals surface area contributed by atoms with Gasteiger partial charge in [0.2, 0.25) is 0 Å². The molecule has 3 aromatic rings. The first-order valence-electron chi connectivity index (χ1n) is 8.56. The number of pyridine rings is 1. The monoisotopic (exact) mass is 385 g/mol. The van der Waals surface area contributed by atoms with Crippen LogP contribution < -0.4 is 5.32 Å². The maximum absolute atomic E-state index is 12.9. The summed E-state index contributed by atoms with van der Waals surface area (Å²) in [4.78, 5) is 29.1. The van der Waals surface area contributed by atoms with Crippen LogP contribution >= 0.6 is 11.6 Å². The third-order valence-corrected chi connectivity index (χ3v) is 4.39. The van der Waals surface area contributed by atoms with E-state index in [2.05, 4.69) is 24.1 Å². The van der Waals surface area contributed by atoms with E-state index in [4.69, 9.17) is 16.3 Å². The zero-order chi connectivity index (χ0) is 19.6. The number of hydrogen-bond donors (Lipinski definition) is 1. The van der Waals surface area contributed by atoms with Crippen molar-refractivity contribution < 1.29 is 14.3 Å². The average molecular weight is 386 g/mol. The first-order chi connectivity index (χ1) is 12.9. The number of nitrogens with one attached hydrogen (secondary N) is 1. The summed E-state index contributed by atoms with van der Waals surface area (Å²) < 4.78 is 6.63. The van der Waals surface area contributed by atoms with Gasteiger partial charge in [0.15, 0.2) is 5.69 Å². The molecule has 2 heterocycles. The lowest BCUT2D eigenvalue weighted by Gasteiger charge is -2.08. The topological polar surface area (TPSA) is 72.7 Å². The van der Waals surface area contributed by atoms with Gasteiger partial charge in [-0.3, -0.25) is 4.79 Å². The van der Waals surface area contributed by atoms with E-state index in [1.54, 1.807) is 6.07 Å². The number of benzene rings is 1. The summed E-state index contributed by atoms with van der Waals surface area (Å²) in [7, 11) is 1.29. The van der Waals surface area contributed by atoms with Gasteiger partial charge < -0.3 is 14.5 Å². The highest BCUT2D eigenvalue weighted by molar-refractivity contribution is 6.34. The molecule has 7 heteroatoms. The molecular formula is C20H20ClN3O3. The number of methoxy groups -OCH3 is 1. The van der Waals surface area contributed by atoms with Crippen LogP contribution in [0, 0.1) is 5.92 Å². The van der Waals surface area contributed by atoms with Crippen LogP contribution in [0.4, 0.5) is 5.69 Å². The Bertz CT molecular complexity index is 1010. The van der Waals surface area contributed by atoms with E-state index < -0.39 is 11.9 Å². The van der Waals surface area contributed by atoms with Crippen LogP contribution in [-0.2, 0) is 11.2 Å². The number of ether oxygens (including phenoxy) is 1. The number of aromatic nitrogens is 2. The fraction of sp³-hybridized carbons (Fsp3) is 0.250. The van der Waals surface area contributed by atoms with Crippen LogP contribution in [-0.4, -0.2) is 28.4 Å². The average Bonchev–Trinajstić information content (AvgIpc) is 3.01. The summed E-state index contributed by atoms with van der Waals surface area (Å²) in [5, 5.41) is 3.07. The number of imidazole rings is 1. The number of anilines is 1. The first-order valence-corrected chi connectivity index (χ1v) is 8.93. The van der Waals surface area contributed by atoms with Gasteiger partial charge in [-0.2, -0.15) is 0 Å². The molecule has 0 bridgehead atoms. The number of esters is 1. The molecule has 0 spiro atoms. The highest BCUT2D eigenvalue weighted by Gasteiger charge is 2.19. The van der Waals surface area contributed by atoms with E-state index in [0.717, 1.165) is 12.2 Å². The second-order valence-electron chi connectivity index (χ2n) is 6.57. The quantitative estimate of drug-likeness (QED) is 0.667. The number of halogens is 1. The number of carbonyl (C=O) groups excluding carboxylic acids is 2. The van der Waals surface area contributed by atoms with Crippen molar-refractivity contribution in [3.8, 4) is 0 Å². The molecule has 0 atom stereocenters. The van der Waals surface area contributed by atoms with Gasteiger partial charge in [0, 0.05) is 12.6 Å². The summed E-state index contributed by atoms with van der Waals surface area (Å²) >= 11 is 6.18. The van der Waals surface area contributed by atoms with E-state index in [0.29, 0.717) is 33.4 Å². The van der Waals surface area contributed by atoms with Crippen molar-refractivity contribution in [2.75, 3.05) is 12.4 Å². The molecule has 3 rings (SSSR count). The van der Waals surface area contributed by atoms with Gasteiger partial charge in [-0.05, 0) is 36.2 Å². The minimum atomic E-state index is -0.506. The Kier molecular flexibility index (Phi) is 5.46. The van der Waals surface area contributed by atoms with Crippen molar-refractivity contribution in [2.45, 2.75) is 20.3 Å². The second kappa shape index (κ2) is 7.80. The number of hydrogen-bond acceptors (Lipinski definition) is 4. The molecule has 1 N–H and O–H groups in total. The largest absolute Gasteiger partial charge is 0.465 e. The number of fused-ring (bicyclic) bond motifs is 1. The molecule has 6 nitrogen and oxygen atoms in total. The first kappa shape index (κ1) is 18.9. The predicted molar refractivity (Wildman–Crippen MR) is 104 cm³/mol. The van der Waals surface area contributed by atoms with Gasteiger partial charge in [0.1, 0.15) is 5.82 Å². The van der Waals surface area contributed by atoms with Crippen LogP contribution in [0.15, 0.2) is 42.6 Å². The molecule has 0 radical (unpaired) electrons. The SMILES string of the molecule is COC(=O)c1ccc(Cl)c(NC(=O)c2nc(CC(C)C)n3ccccc23)c1. The van der Waals surface area contributed by atoms with Crippen molar-refractivity contribution in [3.05, 3.63) is 64.7 Å². The van der Waals surface area contributed by atoms with Crippen LogP contribution in [0.2, 0.25) is 5.02 Å². The third kappa shape index (κ3) is 3.95. The molecule has 1 aromatic carbocycles. The van der Waals surface area contributed by atoms with Crippen LogP contribution in [0.25, 0.3) is 5.52 Å². The molecule has 0 aliphatic heterocycles. The van der Waals surface area contributed by atoms with Gasteiger partial charge in [-0.1, -0.05) is 31.5 Å². The number of carbonyl (C=O) groups is 2. The lowest BCUT2D eigenvalue weighted by atomic mass is 10.1. The molecule has 27 heavy (non-hydrogen) atoms. The van der Waals surface area contributed by atoms with E-state index in [9.17, 15) is 9.59 Å². The van der Waals surface area contributed by atoms with Crippen molar-refractivity contribution in [2.24, 2.45) is 5.92 Å². The summed E-state index contributed by atoms with van der Waals surface area (Å²) in [5.41, 5.74) is 1.65. The Morgan fingerprint density at radius 2 is 2.04 bits per heavy atom. The highest BCUT2D eigenvalue weighted by atomic mass is 35.5. The molecule has 0 aliphatic rings. The molecule has 0 saturated carbocycles. The maximum atomic E-state index is 12.9. The summed E-state index contributed by atoms with van der Waals surface area (Å²) in [6.45, 7) is 4.20.